The van der Waals surface area contributed by atoms with Gasteiger partial charge in [-0.3, -0.25) is 4.99 Å². The molecular weight excluding hydrogens is 266 g/mol. The SMILES string of the molecule is COc1ccc(COCCN=C(N)N2CCCCC2)cc1. The van der Waals surface area contributed by atoms with Gasteiger partial charge in [0.25, 0.3) is 0 Å². The van der Waals surface area contributed by atoms with Gasteiger partial charge >= 0.3 is 0 Å². The number of hydrogen-bond acceptors (Lipinski definition) is 3. The zero-order valence-electron chi connectivity index (χ0n) is 12.8. The summed E-state index contributed by atoms with van der Waals surface area (Å²) >= 11 is 0. The summed E-state index contributed by atoms with van der Waals surface area (Å²) in [5.74, 6) is 1.51. The summed E-state index contributed by atoms with van der Waals surface area (Å²) in [6.07, 6.45) is 3.73. The van der Waals surface area contributed by atoms with E-state index in [9.17, 15) is 0 Å². The van der Waals surface area contributed by atoms with E-state index in [-0.39, 0.29) is 0 Å². The van der Waals surface area contributed by atoms with Crippen molar-refractivity contribution in [2.24, 2.45) is 10.7 Å². The van der Waals surface area contributed by atoms with Gasteiger partial charge in [-0.1, -0.05) is 12.1 Å². The van der Waals surface area contributed by atoms with E-state index in [1.807, 2.05) is 24.3 Å². The molecule has 1 aromatic rings. The molecule has 2 N–H and O–H groups in total. The number of guanidine groups is 1. The number of nitrogens with two attached hydrogens (primary N) is 1. The molecule has 5 nitrogen and oxygen atoms in total. The summed E-state index contributed by atoms with van der Waals surface area (Å²) in [5, 5.41) is 0. The molecule has 1 aromatic carbocycles. The van der Waals surface area contributed by atoms with Crippen LogP contribution in [0.15, 0.2) is 29.3 Å². The molecule has 21 heavy (non-hydrogen) atoms. The van der Waals surface area contributed by atoms with Crippen LogP contribution in [-0.4, -0.2) is 44.2 Å². The standard InChI is InChI=1S/C16H25N3O2/c1-20-15-7-5-14(6-8-15)13-21-12-9-18-16(17)19-10-3-2-4-11-19/h5-8H,2-4,9-13H2,1H3,(H2,17,18). The van der Waals surface area contributed by atoms with Crippen LogP contribution in [0.2, 0.25) is 0 Å². The number of benzene rings is 1. The quantitative estimate of drug-likeness (QED) is 0.495. The van der Waals surface area contributed by atoms with Crippen molar-refractivity contribution in [3.8, 4) is 5.75 Å². The summed E-state index contributed by atoms with van der Waals surface area (Å²) < 4.78 is 10.7. The lowest BCUT2D eigenvalue weighted by molar-refractivity contribution is 0.128. The van der Waals surface area contributed by atoms with Gasteiger partial charge in [0.2, 0.25) is 0 Å². The number of ether oxygens (including phenoxy) is 2. The van der Waals surface area contributed by atoms with Crippen LogP contribution >= 0.6 is 0 Å². The lowest BCUT2D eigenvalue weighted by Crippen LogP contribution is -2.41. The molecule has 0 amide bonds. The van der Waals surface area contributed by atoms with Gasteiger partial charge in [-0.25, -0.2) is 0 Å². The summed E-state index contributed by atoms with van der Waals surface area (Å²) in [7, 11) is 1.66. The van der Waals surface area contributed by atoms with E-state index in [0.717, 1.165) is 24.4 Å². The molecule has 0 atom stereocenters. The Morgan fingerprint density at radius 3 is 2.57 bits per heavy atom. The monoisotopic (exact) mass is 291 g/mol. The molecule has 5 heteroatoms. The molecule has 0 spiro atoms. The first-order chi connectivity index (χ1) is 10.3. The number of piperidine rings is 1. The molecule has 1 heterocycles. The Hall–Kier alpha value is -1.75. The lowest BCUT2D eigenvalue weighted by atomic mass is 10.1. The van der Waals surface area contributed by atoms with Crippen molar-refractivity contribution in [1.29, 1.82) is 0 Å². The average molecular weight is 291 g/mol. The number of nitrogens with zero attached hydrogens (tertiary/aromatic N) is 2. The van der Waals surface area contributed by atoms with Gasteiger partial charge in [-0.15, -0.1) is 0 Å². The predicted octanol–water partition coefficient (Wildman–Crippen LogP) is 2.01. The fraction of sp³-hybridized carbons (Fsp3) is 0.562. The van der Waals surface area contributed by atoms with Crippen molar-refractivity contribution in [3.63, 3.8) is 0 Å². The van der Waals surface area contributed by atoms with Crippen LogP contribution in [0.1, 0.15) is 24.8 Å². The van der Waals surface area contributed by atoms with Crippen LogP contribution in [-0.2, 0) is 11.3 Å². The van der Waals surface area contributed by atoms with E-state index in [4.69, 9.17) is 15.2 Å². The van der Waals surface area contributed by atoms with Gasteiger partial charge in [0.1, 0.15) is 5.75 Å². The highest BCUT2D eigenvalue weighted by Crippen LogP contribution is 2.12. The highest BCUT2D eigenvalue weighted by Gasteiger charge is 2.11. The Labute approximate surface area is 126 Å². The Bertz CT molecular complexity index is 439. The normalized spacial score (nSPS) is 16.0. The van der Waals surface area contributed by atoms with Crippen molar-refractivity contribution < 1.29 is 9.47 Å². The third-order valence-electron chi connectivity index (χ3n) is 3.62. The van der Waals surface area contributed by atoms with Crippen LogP contribution < -0.4 is 10.5 Å². The van der Waals surface area contributed by atoms with Crippen LogP contribution in [0.3, 0.4) is 0 Å². The van der Waals surface area contributed by atoms with E-state index in [0.29, 0.717) is 25.7 Å². The second-order valence-electron chi connectivity index (χ2n) is 5.19. The molecule has 0 radical (unpaired) electrons. The first-order valence-electron chi connectivity index (χ1n) is 7.55. The second kappa shape index (κ2) is 8.52. The minimum atomic E-state index is 0.584. The Morgan fingerprint density at radius 2 is 1.90 bits per heavy atom. The maximum atomic E-state index is 5.98. The fourth-order valence-electron chi connectivity index (χ4n) is 2.36. The lowest BCUT2D eigenvalue weighted by Gasteiger charge is -2.27. The number of methoxy groups -OCH3 is 1. The third kappa shape index (κ3) is 5.27. The van der Waals surface area contributed by atoms with Crippen LogP contribution in [0.25, 0.3) is 0 Å². The largest absolute Gasteiger partial charge is 0.497 e. The van der Waals surface area contributed by atoms with Crippen molar-refractivity contribution in [1.82, 2.24) is 4.90 Å². The summed E-state index contributed by atoms with van der Waals surface area (Å²) in [5.41, 5.74) is 7.11. The molecule has 1 aliphatic heterocycles. The maximum Gasteiger partial charge on any atom is 0.191 e. The molecule has 0 unspecified atom stereocenters. The third-order valence-corrected chi connectivity index (χ3v) is 3.62. The molecular formula is C16H25N3O2. The molecule has 0 aromatic heterocycles. The Kier molecular flexibility index (Phi) is 6.34. The topological polar surface area (TPSA) is 60.1 Å². The van der Waals surface area contributed by atoms with Crippen LogP contribution in [0.4, 0.5) is 0 Å². The zero-order chi connectivity index (χ0) is 14.9. The molecule has 0 aliphatic carbocycles. The fourth-order valence-corrected chi connectivity index (χ4v) is 2.36. The average Bonchev–Trinajstić information content (AvgIpc) is 2.55. The number of rotatable bonds is 6. The van der Waals surface area contributed by atoms with E-state index >= 15 is 0 Å². The molecule has 1 saturated heterocycles. The van der Waals surface area contributed by atoms with Gasteiger partial charge in [0.05, 0.1) is 26.9 Å². The number of likely N-dealkylation sites (tertiary alicyclic amines) is 1. The highest BCUT2D eigenvalue weighted by atomic mass is 16.5. The van der Waals surface area contributed by atoms with Gasteiger partial charge in [0, 0.05) is 13.1 Å². The van der Waals surface area contributed by atoms with E-state index < -0.39 is 0 Å². The Morgan fingerprint density at radius 1 is 1.19 bits per heavy atom. The summed E-state index contributed by atoms with van der Waals surface area (Å²) in [4.78, 5) is 6.54. The zero-order valence-corrected chi connectivity index (χ0v) is 12.8. The van der Waals surface area contributed by atoms with Crippen molar-refractivity contribution in [2.45, 2.75) is 25.9 Å². The van der Waals surface area contributed by atoms with Gasteiger partial charge in [-0.2, -0.15) is 0 Å². The first kappa shape index (κ1) is 15.6. The molecule has 0 bridgehead atoms. The summed E-state index contributed by atoms with van der Waals surface area (Å²) in [6.45, 7) is 3.84. The number of aliphatic imine (C=N–C) groups is 1. The minimum Gasteiger partial charge on any atom is -0.497 e. The smallest absolute Gasteiger partial charge is 0.191 e. The van der Waals surface area contributed by atoms with Crippen molar-refractivity contribution in [2.75, 3.05) is 33.4 Å². The second-order valence-corrected chi connectivity index (χ2v) is 5.19. The molecule has 0 saturated carbocycles. The molecule has 1 aliphatic rings. The van der Waals surface area contributed by atoms with Gasteiger partial charge < -0.3 is 20.1 Å². The van der Waals surface area contributed by atoms with E-state index in [1.165, 1.54) is 19.3 Å². The van der Waals surface area contributed by atoms with Gasteiger partial charge in [0.15, 0.2) is 5.96 Å². The van der Waals surface area contributed by atoms with E-state index in [2.05, 4.69) is 9.89 Å². The first-order valence-corrected chi connectivity index (χ1v) is 7.55. The van der Waals surface area contributed by atoms with E-state index in [1.54, 1.807) is 7.11 Å². The Balaban J connectivity index is 1.64. The number of hydrogen-bond donors (Lipinski definition) is 1. The van der Waals surface area contributed by atoms with Crippen molar-refractivity contribution in [3.05, 3.63) is 29.8 Å². The molecule has 2 rings (SSSR count). The minimum absolute atomic E-state index is 0.584. The molecule has 116 valence electrons. The van der Waals surface area contributed by atoms with Crippen molar-refractivity contribution >= 4 is 5.96 Å². The predicted molar refractivity (Wildman–Crippen MR) is 84.6 cm³/mol. The van der Waals surface area contributed by atoms with Gasteiger partial charge in [-0.05, 0) is 37.0 Å². The molecule has 1 fully saturated rings. The van der Waals surface area contributed by atoms with Crippen LogP contribution in [0.5, 0.6) is 5.75 Å². The maximum absolute atomic E-state index is 5.98. The van der Waals surface area contributed by atoms with Crippen LogP contribution in [0, 0.1) is 0 Å². The summed E-state index contributed by atoms with van der Waals surface area (Å²) in [6, 6.07) is 7.88. The highest BCUT2D eigenvalue weighted by molar-refractivity contribution is 5.78.